The third-order valence-electron chi connectivity index (χ3n) is 6.71. The Labute approximate surface area is 231 Å². The number of aromatic amines is 1. The van der Waals surface area contributed by atoms with Crippen LogP contribution < -0.4 is 16.0 Å². The summed E-state index contributed by atoms with van der Waals surface area (Å²) in [6, 6.07) is 18.5. The van der Waals surface area contributed by atoms with Crippen molar-refractivity contribution in [3.8, 4) is 5.75 Å². The van der Waals surface area contributed by atoms with E-state index in [1.54, 1.807) is 7.11 Å². The summed E-state index contributed by atoms with van der Waals surface area (Å²) in [7, 11) is 3.12. The highest BCUT2D eigenvalue weighted by Gasteiger charge is 2.50. The first-order valence-corrected chi connectivity index (χ1v) is 12.9. The third-order valence-corrected chi connectivity index (χ3v) is 6.71. The van der Waals surface area contributed by atoms with E-state index >= 15 is 0 Å². The highest BCUT2D eigenvalue weighted by molar-refractivity contribution is 5.26. The van der Waals surface area contributed by atoms with E-state index in [0.29, 0.717) is 26.0 Å². The highest BCUT2D eigenvalue weighted by atomic mass is 16.6. The van der Waals surface area contributed by atoms with Crippen LogP contribution in [0.2, 0.25) is 0 Å². The molecule has 4 rings (SSSR count). The first kappa shape index (κ1) is 29.1. The van der Waals surface area contributed by atoms with Gasteiger partial charge >= 0.3 is 5.69 Å². The van der Waals surface area contributed by atoms with E-state index in [1.165, 1.54) is 23.9 Å². The van der Waals surface area contributed by atoms with Crippen LogP contribution in [0.3, 0.4) is 0 Å². The second-order valence-corrected chi connectivity index (χ2v) is 9.26. The van der Waals surface area contributed by atoms with Crippen LogP contribution in [-0.2, 0) is 32.2 Å². The van der Waals surface area contributed by atoms with Gasteiger partial charge < -0.3 is 23.7 Å². The Morgan fingerprint density at radius 3 is 2.45 bits per heavy atom. The lowest BCUT2D eigenvalue weighted by molar-refractivity contribution is -0.127. The number of nitrogens with one attached hydrogen (secondary N) is 1. The van der Waals surface area contributed by atoms with Gasteiger partial charge in [-0.25, -0.2) is 4.79 Å². The molecule has 1 N–H and O–H groups in total. The van der Waals surface area contributed by atoms with Crippen LogP contribution in [0.15, 0.2) is 81.6 Å². The molecule has 0 radical (unpaired) electrons. The van der Waals surface area contributed by atoms with Gasteiger partial charge in [-0.3, -0.25) is 14.3 Å². The maximum Gasteiger partial charge on any atom is 0.330 e. The molecule has 212 valence electrons. The van der Waals surface area contributed by atoms with Gasteiger partial charge in [0, 0.05) is 30.8 Å². The minimum atomic E-state index is -0.889. The van der Waals surface area contributed by atoms with Crippen molar-refractivity contribution in [1.82, 2.24) is 9.55 Å². The lowest BCUT2D eigenvalue weighted by Gasteiger charge is -2.29. The minimum absolute atomic E-state index is 0.242. The van der Waals surface area contributed by atoms with Gasteiger partial charge in [-0.05, 0) is 41.6 Å². The molecule has 0 aliphatic carbocycles. The summed E-state index contributed by atoms with van der Waals surface area (Å²) in [5, 5.41) is 3.65. The van der Waals surface area contributed by atoms with Gasteiger partial charge in [-0.1, -0.05) is 47.6 Å². The fourth-order valence-electron chi connectivity index (χ4n) is 4.70. The zero-order valence-electron chi connectivity index (χ0n) is 22.4. The Kier molecular flexibility index (Phi) is 10.5. The molecule has 2 aromatic carbocycles. The molecule has 40 heavy (non-hydrogen) atoms. The Morgan fingerprint density at radius 1 is 1.02 bits per heavy atom. The third kappa shape index (κ3) is 7.38. The molecule has 12 nitrogen and oxygen atoms in total. The van der Waals surface area contributed by atoms with Gasteiger partial charge in [-0.15, -0.1) is 0 Å². The summed E-state index contributed by atoms with van der Waals surface area (Å²) in [4.78, 5) is 29.5. The Morgan fingerprint density at radius 2 is 1.77 bits per heavy atom. The number of aromatic nitrogens is 2. The van der Waals surface area contributed by atoms with Crippen LogP contribution in [0.1, 0.15) is 30.2 Å². The van der Waals surface area contributed by atoms with Gasteiger partial charge in [-0.2, -0.15) is 0 Å². The molecule has 1 fully saturated rings. The quantitative estimate of drug-likeness (QED) is 0.139. The summed E-state index contributed by atoms with van der Waals surface area (Å²) in [5.41, 5.74) is 9.47. The van der Waals surface area contributed by atoms with Crippen LogP contribution >= 0.6 is 0 Å². The first-order chi connectivity index (χ1) is 19.5. The fraction of sp³-hybridized carbons (Fsp3) is 0.429. The molecule has 1 saturated heterocycles. The van der Waals surface area contributed by atoms with E-state index in [9.17, 15) is 9.59 Å². The predicted octanol–water partition coefficient (Wildman–Crippen LogP) is 3.72. The lowest BCUT2D eigenvalue weighted by atomic mass is 10.0. The van der Waals surface area contributed by atoms with Crippen LogP contribution in [0.4, 0.5) is 0 Å². The van der Waals surface area contributed by atoms with Crippen molar-refractivity contribution in [3.63, 3.8) is 0 Å². The smallest absolute Gasteiger partial charge is 0.330 e. The molecule has 5 atom stereocenters. The summed E-state index contributed by atoms with van der Waals surface area (Å²) in [6.45, 7) is 0.854. The molecule has 3 aromatic rings. The number of rotatable bonds is 14. The number of benzene rings is 2. The number of hydrogen-bond acceptors (Lipinski definition) is 8. The zero-order chi connectivity index (χ0) is 28.3. The summed E-state index contributed by atoms with van der Waals surface area (Å²) >= 11 is 0. The van der Waals surface area contributed by atoms with Crippen LogP contribution in [0, 0.1) is 0 Å². The molecule has 1 unspecified atom stereocenters. The summed E-state index contributed by atoms with van der Waals surface area (Å²) in [5.74, 6) is 0.729. The molecule has 1 aliphatic heterocycles. The number of azide groups is 1. The average Bonchev–Trinajstić information content (AvgIpc) is 3.34. The van der Waals surface area contributed by atoms with Gasteiger partial charge in [0.1, 0.15) is 24.1 Å². The van der Waals surface area contributed by atoms with Crippen LogP contribution in [-0.4, -0.2) is 54.7 Å². The van der Waals surface area contributed by atoms with Crippen molar-refractivity contribution in [3.05, 3.63) is 109 Å². The molecule has 1 aromatic heterocycles. The number of ether oxygens (including phenoxy) is 5. The maximum absolute atomic E-state index is 12.7. The van der Waals surface area contributed by atoms with Crippen molar-refractivity contribution in [2.24, 2.45) is 5.11 Å². The predicted molar refractivity (Wildman–Crippen MR) is 146 cm³/mol. The van der Waals surface area contributed by atoms with Crippen LogP contribution in [0.25, 0.3) is 10.4 Å². The average molecular weight is 552 g/mol. The SMILES string of the molecule is COc1ccc(CO[C@@H]2C(OC)[C@H](n3ccc(=O)[nH]c3=O)O[C@@H]2[C@@H](CCCN=[N+]=[N-])OCc2ccccc2)cc1. The van der Waals surface area contributed by atoms with Gasteiger partial charge in [0.2, 0.25) is 0 Å². The Balaban J connectivity index is 1.63. The molecule has 0 amide bonds. The second-order valence-electron chi connectivity index (χ2n) is 9.26. The molecule has 2 heterocycles. The van der Waals surface area contributed by atoms with Gasteiger partial charge in [0.15, 0.2) is 6.23 Å². The topological polar surface area (TPSA) is 150 Å². The number of methoxy groups -OCH3 is 2. The number of hydrogen-bond donors (Lipinski definition) is 1. The first-order valence-electron chi connectivity index (χ1n) is 12.9. The minimum Gasteiger partial charge on any atom is -0.497 e. The maximum atomic E-state index is 12.7. The standard InChI is InChI=1S/C28H33N5O7/c1-36-21-12-10-20(11-13-21)18-39-25-24(40-27(26(25)37-2)33-16-14-23(34)31-28(33)35)22(9-6-15-30-32-29)38-17-19-7-4-3-5-8-19/h3-5,7-8,10-14,16,22,24-27H,6,9,15,17-18H2,1-2H3,(H,31,34,35)/t22-,24-,25+,26?,27-/m1/s1. The van der Waals surface area contributed by atoms with E-state index in [1.807, 2.05) is 54.6 Å². The zero-order valence-corrected chi connectivity index (χ0v) is 22.4. The van der Waals surface area contributed by atoms with Crippen molar-refractivity contribution in [1.29, 1.82) is 0 Å². The van der Waals surface area contributed by atoms with Gasteiger partial charge in [0.05, 0.1) is 26.4 Å². The largest absolute Gasteiger partial charge is 0.497 e. The highest BCUT2D eigenvalue weighted by Crippen LogP contribution is 2.37. The summed E-state index contributed by atoms with van der Waals surface area (Å²) < 4.78 is 31.6. The van der Waals surface area contributed by atoms with Gasteiger partial charge in [0.25, 0.3) is 5.56 Å². The Bertz CT molecular complexity index is 1370. The van der Waals surface area contributed by atoms with Crippen molar-refractivity contribution in [2.45, 2.75) is 56.7 Å². The monoisotopic (exact) mass is 551 g/mol. The van der Waals surface area contributed by atoms with E-state index < -0.39 is 41.9 Å². The van der Waals surface area contributed by atoms with Crippen molar-refractivity contribution >= 4 is 0 Å². The molecule has 0 spiro atoms. The van der Waals surface area contributed by atoms with E-state index in [-0.39, 0.29) is 6.61 Å². The molecule has 0 saturated carbocycles. The molecular formula is C28H33N5O7. The molecule has 1 aliphatic rings. The number of nitrogens with zero attached hydrogens (tertiary/aromatic N) is 4. The van der Waals surface area contributed by atoms with E-state index in [2.05, 4.69) is 15.0 Å². The molecule has 12 heteroatoms. The van der Waals surface area contributed by atoms with Crippen molar-refractivity contribution < 1.29 is 23.7 Å². The summed E-state index contributed by atoms with van der Waals surface area (Å²) in [6.07, 6.45) is -0.943. The molecular weight excluding hydrogens is 518 g/mol. The van der Waals surface area contributed by atoms with E-state index in [0.717, 1.165) is 16.9 Å². The lowest BCUT2D eigenvalue weighted by Crippen LogP contribution is -2.43. The normalized spacial score (nSPS) is 21.1. The van der Waals surface area contributed by atoms with E-state index in [4.69, 9.17) is 29.2 Å². The second kappa shape index (κ2) is 14.5. The van der Waals surface area contributed by atoms with Crippen molar-refractivity contribution in [2.75, 3.05) is 20.8 Å². The number of H-pyrrole nitrogens is 1. The van der Waals surface area contributed by atoms with Crippen LogP contribution in [0.5, 0.6) is 5.75 Å². The molecule has 0 bridgehead atoms. The fourth-order valence-corrected chi connectivity index (χ4v) is 4.70. The Hall–Kier alpha value is -3.93.